The third-order valence-corrected chi connectivity index (χ3v) is 3.62. The molecule has 0 aromatic carbocycles. The summed E-state index contributed by atoms with van der Waals surface area (Å²) >= 11 is 0. The molecular formula is C9H20O2S. The molecule has 0 aliphatic carbocycles. The summed E-state index contributed by atoms with van der Waals surface area (Å²) < 4.78 is 21.1. The number of hydrogen-bond acceptors (Lipinski definition) is 2. The topological polar surface area (TPSA) is 34.1 Å². The van der Waals surface area contributed by atoms with Gasteiger partial charge in [0.2, 0.25) is 0 Å². The summed E-state index contributed by atoms with van der Waals surface area (Å²) in [7, 11) is -2.30. The van der Waals surface area contributed by atoms with Crippen LogP contribution < -0.4 is 0 Å². The molecule has 0 aromatic rings. The predicted octanol–water partition coefficient (Wildman–Crippen LogP) is 2.06. The van der Waals surface area contributed by atoms with Crippen LogP contribution in [0.2, 0.25) is 0 Å². The summed E-state index contributed by atoms with van der Waals surface area (Å²) in [5.41, 5.74) is 0. The molecule has 0 aromatic heterocycles. The standard InChI is InChI=1S/C9H20O2S/c1-7(2)8(3)6-9(4,5)12(10)11/h7-8,12H,6H2,1-5H3. The first kappa shape index (κ1) is 11.9. The van der Waals surface area contributed by atoms with E-state index >= 15 is 0 Å². The Labute approximate surface area is 77.3 Å². The zero-order chi connectivity index (χ0) is 9.94. The maximum Gasteiger partial charge on any atom is 0.145 e. The lowest BCUT2D eigenvalue weighted by Gasteiger charge is -2.24. The molecule has 0 bridgehead atoms. The Bertz CT molecular complexity index is 197. The van der Waals surface area contributed by atoms with E-state index in [1.165, 1.54) is 0 Å². The fourth-order valence-corrected chi connectivity index (χ4v) is 1.54. The molecule has 12 heavy (non-hydrogen) atoms. The van der Waals surface area contributed by atoms with E-state index < -0.39 is 15.5 Å². The Hall–Kier alpha value is -0.0500. The molecule has 0 saturated carbocycles. The van der Waals surface area contributed by atoms with Crippen LogP contribution in [0.15, 0.2) is 0 Å². The lowest BCUT2D eigenvalue weighted by atomic mass is 9.89. The zero-order valence-electron chi connectivity index (χ0n) is 8.63. The van der Waals surface area contributed by atoms with E-state index in [1.54, 1.807) is 13.8 Å². The summed E-state index contributed by atoms with van der Waals surface area (Å²) in [5, 5.41) is 0. The van der Waals surface area contributed by atoms with Crippen molar-refractivity contribution in [3.63, 3.8) is 0 Å². The largest absolute Gasteiger partial charge is 0.231 e. The van der Waals surface area contributed by atoms with Gasteiger partial charge in [0, 0.05) is 0 Å². The van der Waals surface area contributed by atoms with E-state index in [2.05, 4.69) is 20.8 Å². The maximum absolute atomic E-state index is 10.8. The van der Waals surface area contributed by atoms with Crippen molar-refractivity contribution < 1.29 is 8.42 Å². The van der Waals surface area contributed by atoms with E-state index in [4.69, 9.17) is 0 Å². The van der Waals surface area contributed by atoms with Crippen LogP contribution in [-0.2, 0) is 10.7 Å². The molecule has 2 nitrogen and oxygen atoms in total. The fourth-order valence-electron chi connectivity index (χ4n) is 1.10. The van der Waals surface area contributed by atoms with Crippen LogP contribution in [0.4, 0.5) is 0 Å². The van der Waals surface area contributed by atoms with Gasteiger partial charge in [0.15, 0.2) is 0 Å². The van der Waals surface area contributed by atoms with Crippen molar-refractivity contribution in [3.8, 4) is 0 Å². The minimum absolute atomic E-state index is 0.466. The van der Waals surface area contributed by atoms with Crippen molar-refractivity contribution in [2.45, 2.75) is 45.8 Å². The van der Waals surface area contributed by atoms with Crippen molar-refractivity contribution in [1.82, 2.24) is 0 Å². The molecular weight excluding hydrogens is 172 g/mol. The van der Waals surface area contributed by atoms with Crippen LogP contribution >= 0.6 is 0 Å². The highest BCUT2D eigenvalue weighted by atomic mass is 32.2. The second kappa shape index (κ2) is 4.26. The lowest BCUT2D eigenvalue weighted by molar-refractivity contribution is 0.354. The van der Waals surface area contributed by atoms with Gasteiger partial charge >= 0.3 is 0 Å². The molecule has 0 saturated heterocycles. The van der Waals surface area contributed by atoms with E-state index in [0.717, 1.165) is 6.42 Å². The summed E-state index contributed by atoms with van der Waals surface area (Å²) in [6.07, 6.45) is 0.753. The molecule has 0 amide bonds. The highest BCUT2D eigenvalue weighted by Crippen LogP contribution is 2.24. The SMILES string of the molecule is CC(C)C(C)CC(C)(C)[SH](=O)=O. The smallest absolute Gasteiger partial charge is 0.145 e. The molecule has 0 aliphatic heterocycles. The number of thiol groups is 1. The van der Waals surface area contributed by atoms with E-state index in [0.29, 0.717) is 11.8 Å². The molecule has 74 valence electrons. The first-order chi connectivity index (χ1) is 5.27. The molecule has 0 spiro atoms. The first-order valence-electron chi connectivity index (χ1n) is 4.42. The average Bonchev–Trinajstić information content (AvgIpc) is 1.85. The highest BCUT2D eigenvalue weighted by molar-refractivity contribution is 7.74. The summed E-state index contributed by atoms with van der Waals surface area (Å²) in [6, 6.07) is 0. The predicted molar refractivity (Wildman–Crippen MR) is 53.0 cm³/mol. The van der Waals surface area contributed by atoms with Gasteiger partial charge in [-0.3, -0.25) is 0 Å². The van der Waals surface area contributed by atoms with Crippen molar-refractivity contribution >= 4 is 10.7 Å². The van der Waals surface area contributed by atoms with Crippen molar-refractivity contribution in [1.29, 1.82) is 0 Å². The molecule has 3 heteroatoms. The minimum atomic E-state index is -2.30. The van der Waals surface area contributed by atoms with Crippen LogP contribution in [0.3, 0.4) is 0 Å². The van der Waals surface area contributed by atoms with Gasteiger partial charge < -0.3 is 0 Å². The quantitative estimate of drug-likeness (QED) is 0.692. The third-order valence-electron chi connectivity index (χ3n) is 2.45. The van der Waals surface area contributed by atoms with Gasteiger partial charge in [-0.1, -0.05) is 20.8 Å². The van der Waals surface area contributed by atoms with Gasteiger partial charge in [0.1, 0.15) is 10.7 Å². The minimum Gasteiger partial charge on any atom is -0.231 e. The van der Waals surface area contributed by atoms with Crippen molar-refractivity contribution in [2.24, 2.45) is 11.8 Å². The summed E-state index contributed by atoms with van der Waals surface area (Å²) in [5.74, 6) is 1.02. The number of hydrogen-bond donors (Lipinski definition) is 1. The van der Waals surface area contributed by atoms with Gasteiger partial charge in [-0.25, -0.2) is 8.42 Å². The van der Waals surface area contributed by atoms with Gasteiger partial charge in [-0.05, 0) is 32.1 Å². The first-order valence-corrected chi connectivity index (χ1v) is 5.59. The normalized spacial score (nSPS) is 15.6. The van der Waals surface area contributed by atoms with Crippen LogP contribution in [0.5, 0.6) is 0 Å². The fraction of sp³-hybridized carbons (Fsp3) is 1.00. The monoisotopic (exact) mass is 192 g/mol. The molecule has 0 aliphatic rings. The summed E-state index contributed by atoms with van der Waals surface area (Å²) in [4.78, 5) is 0. The second-order valence-electron chi connectivity index (χ2n) is 4.49. The summed E-state index contributed by atoms with van der Waals surface area (Å²) in [6.45, 7) is 9.93. The molecule has 0 N–H and O–H groups in total. The average molecular weight is 192 g/mol. The van der Waals surface area contributed by atoms with Gasteiger partial charge in [0.25, 0.3) is 0 Å². The van der Waals surface area contributed by atoms with Crippen LogP contribution in [-0.4, -0.2) is 13.2 Å². The molecule has 0 heterocycles. The Balaban J connectivity index is 4.25. The lowest BCUT2D eigenvalue weighted by Crippen LogP contribution is -2.26. The van der Waals surface area contributed by atoms with Gasteiger partial charge in [0.05, 0.1) is 4.75 Å². The Kier molecular flexibility index (Phi) is 4.24. The van der Waals surface area contributed by atoms with E-state index in [-0.39, 0.29) is 0 Å². The molecule has 0 fully saturated rings. The van der Waals surface area contributed by atoms with E-state index in [1.807, 2.05) is 0 Å². The molecule has 0 radical (unpaired) electrons. The van der Waals surface area contributed by atoms with Gasteiger partial charge in [-0.2, -0.15) is 0 Å². The van der Waals surface area contributed by atoms with Crippen molar-refractivity contribution in [3.05, 3.63) is 0 Å². The Morgan fingerprint density at radius 2 is 1.58 bits per heavy atom. The highest BCUT2D eigenvalue weighted by Gasteiger charge is 2.25. The molecule has 1 unspecified atom stereocenters. The maximum atomic E-state index is 10.8. The molecule has 0 rings (SSSR count). The van der Waals surface area contributed by atoms with Crippen molar-refractivity contribution in [2.75, 3.05) is 0 Å². The van der Waals surface area contributed by atoms with Crippen LogP contribution in [0.25, 0.3) is 0 Å². The van der Waals surface area contributed by atoms with Crippen LogP contribution in [0.1, 0.15) is 41.0 Å². The molecule has 1 atom stereocenters. The zero-order valence-corrected chi connectivity index (χ0v) is 9.52. The second-order valence-corrected chi connectivity index (χ2v) is 6.22. The number of rotatable bonds is 4. The van der Waals surface area contributed by atoms with Gasteiger partial charge in [-0.15, -0.1) is 0 Å². The third kappa shape index (κ3) is 3.57. The van der Waals surface area contributed by atoms with Crippen LogP contribution in [0, 0.1) is 11.8 Å². The van der Waals surface area contributed by atoms with E-state index in [9.17, 15) is 8.42 Å². The Morgan fingerprint density at radius 1 is 1.17 bits per heavy atom. The Morgan fingerprint density at radius 3 is 1.83 bits per heavy atom.